The molecule has 0 saturated carbocycles. The molecule has 1 nitrogen and oxygen atoms in total. The van der Waals surface area contributed by atoms with Gasteiger partial charge in [0.15, 0.2) is 0 Å². The lowest BCUT2D eigenvalue weighted by molar-refractivity contribution is 0.462. The molecule has 0 aliphatic carbocycles. The molecule has 1 aromatic carbocycles. The normalized spacial score (nSPS) is 11.7. The number of aromatic hydroxyl groups is 1. The third kappa shape index (κ3) is 3.51. The summed E-state index contributed by atoms with van der Waals surface area (Å²) in [6.07, 6.45) is 0. The highest BCUT2D eigenvalue weighted by molar-refractivity contribution is 7.99. The van der Waals surface area contributed by atoms with Gasteiger partial charge in [0.25, 0.3) is 0 Å². The maximum absolute atomic E-state index is 9.38. The summed E-state index contributed by atoms with van der Waals surface area (Å²) in [5.41, 5.74) is 1.33. The van der Waals surface area contributed by atoms with E-state index >= 15 is 0 Å². The first-order valence-corrected chi connectivity index (χ1v) is 5.39. The molecule has 0 heterocycles. The van der Waals surface area contributed by atoms with Crippen LogP contribution in [0.2, 0.25) is 0 Å². The van der Waals surface area contributed by atoms with E-state index in [0.29, 0.717) is 10.8 Å². The van der Waals surface area contributed by atoms with Crippen molar-refractivity contribution in [3.63, 3.8) is 0 Å². The molecular formula is C9H8Cl2OS. The molecule has 0 radical (unpaired) electrons. The van der Waals surface area contributed by atoms with Crippen LogP contribution in [0.1, 0.15) is 0 Å². The topological polar surface area (TPSA) is 20.2 Å². The molecule has 0 spiro atoms. The maximum atomic E-state index is 9.38. The molecule has 4 heteroatoms. The van der Waals surface area contributed by atoms with Crippen LogP contribution >= 0.6 is 35.0 Å². The minimum atomic E-state index is 0.270. The van der Waals surface area contributed by atoms with Gasteiger partial charge in [0.05, 0.1) is 0 Å². The minimum Gasteiger partial charge on any atom is -0.507 e. The van der Waals surface area contributed by atoms with Crippen LogP contribution in [0, 0.1) is 0 Å². The maximum Gasteiger partial charge on any atom is 0.129 e. The second-order valence-corrected chi connectivity index (χ2v) is 4.03. The van der Waals surface area contributed by atoms with Crippen LogP contribution in [0.3, 0.4) is 0 Å². The Morgan fingerprint density at radius 3 is 2.77 bits per heavy atom. The number of phenols is 1. The number of hydrogen-bond acceptors (Lipinski definition) is 2. The summed E-state index contributed by atoms with van der Waals surface area (Å²) in [7, 11) is 0. The van der Waals surface area contributed by atoms with E-state index in [0.717, 1.165) is 4.90 Å². The molecule has 1 N–H and O–H groups in total. The molecule has 0 atom stereocenters. The fourth-order valence-electron chi connectivity index (χ4n) is 0.757. The van der Waals surface area contributed by atoms with Crippen molar-refractivity contribution in [2.45, 2.75) is 4.90 Å². The predicted molar refractivity (Wildman–Crippen MR) is 58.6 cm³/mol. The Kier molecular flexibility index (Phi) is 4.50. The Bertz CT molecular complexity index is 312. The van der Waals surface area contributed by atoms with E-state index in [-0.39, 0.29) is 5.75 Å². The predicted octanol–water partition coefficient (Wildman–Crippen LogP) is 3.80. The summed E-state index contributed by atoms with van der Waals surface area (Å²) in [5, 5.41) is 9.94. The summed E-state index contributed by atoms with van der Waals surface area (Å²) < 4.78 is 0. The molecule has 0 bridgehead atoms. The Balaban J connectivity index is 2.60. The van der Waals surface area contributed by atoms with Crippen molar-refractivity contribution in [2.75, 3.05) is 5.75 Å². The SMILES string of the molecule is Oc1ccccc1SCC(Cl)=CCl. The number of hydrogen-bond donors (Lipinski definition) is 1. The van der Waals surface area contributed by atoms with E-state index in [1.165, 1.54) is 17.3 Å². The number of thioether (sulfide) groups is 1. The van der Waals surface area contributed by atoms with E-state index in [1.807, 2.05) is 12.1 Å². The average molecular weight is 235 g/mol. The molecule has 0 aliphatic rings. The van der Waals surface area contributed by atoms with Crippen LogP contribution in [0.4, 0.5) is 0 Å². The quantitative estimate of drug-likeness (QED) is 0.804. The molecule has 0 amide bonds. The number of rotatable bonds is 3. The van der Waals surface area contributed by atoms with E-state index in [1.54, 1.807) is 12.1 Å². The minimum absolute atomic E-state index is 0.270. The Hall–Kier alpha value is -0.310. The van der Waals surface area contributed by atoms with Gasteiger partial charge in [0.1, 0.15) is 5.75 Å². The third-order valence-corrected chi connectivity index (χ3v) is 3.24. The van der Waals surface area contributed by atoms with Gasteiger partial charge in [-0.25, -0.2) is 0 Å². The van der Waals surface area contributed by atoms with Gasteiger partial charge in [-0.05, 0) is 12.1 Å². The van der Waals surface area contributed by atoms with Gasteiger partial charge in [-0.1, -0.05) is 35.3 Å². The Morgan fingerprint density at radius 1 is 1.46 bits per heavy atom. The Morgan fingerprint density at radius 2 is 2.15 bits per heavy atom. The zero-order chi connectivity index (χ0) is 9.68. The first kappa shape index (κ1) is 10.8. The van der Waals surface area contributed by atoms with Crippen LogP contribution in [0.25, 0.3) is 0 Å². The van der Waals surface area contributed by atoms with Gasteiger partial charge < -0.3 is 5.11 Å². The summed E-state index contributed by atoms with van der Waals surface area (Å²) >= 11 is 12.5. The van der Waals surface area contributed by atoms with Gasteiger partial charge in [0.2, 0.25) is 0 Å². The number of halogens is 2. The average Bonchev–Trinajstić information content (AvgIpc) is 2.16. The summed E-state index contributed by atoms with van der Waals surface area (Å²) in [6.45, 7) is 0. The Labute approximate surface area is 91.4 Å². The number of benzene rings is 1. The second-order valence-electron chi connectivity index (χ2n) is 2.31. The van der Waals surface area contributed by atoms with Crippen LogP contribution in [-0.2, 0) is 0 Å². The van der Waals surface area contributed by atoms with Crippen molar-refractivity contribution in [1.29, 1.82) is 0 Å². The molecule has 1 rings (SSSR count). The lowest BCUT2D eigenvalue weighted by Crippen LogP contribution is -1.78. The molecule has 70 valence electrons. The molecule has 0 aromatic heterocycles. The second kappa shape index (κ2) is 5.43. The highest BCUT2D eigenvalue weighted by Gasteiger charge is 2.00. The zero-order valence-electron chi connectivity index (χ0n) is 6.71. The summed E-state index contributed by atoms with van der Waals surface area (Å²) in [6, 6.07) is 7.11. The van der Waals surface area contributed by atoms with Gasteiger partial charge in [-0.2, -0.15) is 0 Å². The smallest absolute Gasteiger partial charge is 0.129 e. The number of para-hydroxylation sites is 1. The fraction of sp³-hybridized carbons (Fsp3) is 0.111. The molecule has 0 unspecified atom stereocenters. The first-order chi connectivity index (χ1) is 6.24. The van der Waals surface area contributed by atoms with Gasteiger partial charge >= 0.3 is 0 Å². The molecular weight excluding hydrogens is 227 g/mol. The van der Waals surface area contributed by atoms with E-state index < -0.39 is 0 Å². The van der Waals surface area contributed by atoms with Crippen LogP contribution in [0.15, 0.2) is 39.7 Å². The van der Waals surface area contributed by atoms with Crippen LogP contribution < -0.4 is 0 Å². The molecule has 13 heavy (non-hydrogen) atoms. The van der Waals surface area contributed by atoms with Gasteiger partial charge in [-0.15, -0.1) is 11.8 Å². The lowest BCUT2D eigenvalue weighted by atomic mass is 10.3. The zero-order valence-corrected chi connectivity index (χ0v) is 9.03. The van der Waals surface area contributed by atoms with E-state index in [9.17, 15) is 5.11 Å². The van der Waals surface area contributed by atoms with Crippen molar-refractivity contribution >= 4 is 35.0 Å². The van der Waals surface area contributed by atoms with Crippen molar-refractivity contribution in [3.05, 3.63) is 34.8 Å². The largest absolute Gasteiger partial charge is 0.507 e. The highest BCUT2D eigenvalue weighted by atomic mass is 35.5. The fourth-order valence-corrected chi connectivity index (χ4v) is 1.86. The number of phenolic OH excluding ortho intramolecular Hbond substituents is 1. The molecule has 0 saturated heterocycles. The monoisotopic (exact) mass is 234 g/mol. The third-order valence-electron chi connectivity index (χ3n) is 1.35. The van der Waals surface area contributed by atoms with E-state index in [4.69, 9.17) is 23.2 Å². The van der Waals surface area contributed by atoms with Crippen molar-refractivity contribution in [3.8, 4) is 5.75 Å². The summed E-state index contributed by atoms with van der Waals surface area (Å²) in [5.74, 6) is 0.842. The first-order valence-electron chi connectivity index (χ1n) is 3.59. The molecule has 0 aliphatic heterocycles. The lowest BCUT2D eigenvalue weighted by Gasteiger charge is -2.01. The van der Waals surface area contributed by atoms with Crippen molar-refractivity contribution < 1.29 is 5.11 Å². The van der Waals surface area contributed by atoms with Crippen molar-refractivity contribution in [1.82, 2.24) is 0 Å². The van der Waals surface area contributed by atoms with Crippen LogP contribution in [0.5, 0.6) is 5.75 Å². The van der Waals surface area contributed by atoms with Gasteiger partial charge in [-0.3, -0.25) is 0 Å². The summed E-state index contributed by atoms with van der Waals surface area (Å²) in [4.78, 5) is 0.805. The van der Waals surface area contributed by atoms with Crippen molar-refractivity contribution in [2.24, 2.45) is 0 Å². The standard InChI is InChI=1S/C9H8Cl2OS/c10-5-7(11)6-13-9-4-2-1-3-8(9)12/h1-5,12H,6H2. The molecule has 1 aromatic rings. The van der Waals surface area contributed by atoms with Gasteiger partial charge in [0, 0.05) is 21.2 Å². The molecule has 0 fully saturated rings. The van der Waals surface area contributed by atoms with E-state index in [2.05, 4.69) is 0 Å². The van der Waals surface area contributed by atoms with Crippen LogP contribution in [-0.4, -0.2) is 10.9 Å². The highest BCUT2D eigenvalue weighted by Crippen LogP contribution is 2.29.